The highest BCUT2D eigenvalue weighted by molar-refractivity contribution is 5.91. The van der Waals surface area contributed by atoms with E-state index < -0.39 is 23.4 Å². The SMILES string of the molecule is CN(C)C(=O)Nc1ccc(C(=O)O)c(F)c1. The summed E-state index contributed by atoms with van der Waals surface area (Å²) < 4.78 is 13.2. The number of carbonyl (C=O) groups excluding carboxylic acids is 1. The number of amides is 2. The Balaban J connectivity index is 2.90. The first-order chi connectivity index (χ1) is 7.41. The van der Waals surface area contributed by atoms with E-state index >= 15 is 0 Å². The Hall–Kier alpha value is -2.11. The van der Waals surface area contributed by atoms with Crippen LogP contribution in [0, 0.1) is 5.82 Å². The van der Waals surface area contributed by atoms with E-state index in [2.05, 4.69) is 5.32 Å². The van der Waals surface area contributed by atoms with Crippen LogP contribution in [0.2, 0.25) is 0 Å². The van der Waals surface area contributed by atoms with Gasteiger partial charge in [-0.15, -0.1) is 0 Å². The van der Waals surface area contributed by atoms with Crippen LogP contribution in [0.25, 0.3) is 0 Å². The number of carbonyl (C=O) groups is 2. The first-order valence-electron chi connectivity index (χ1n) is 4.43. The molecule has 0 fully saturated rings. The molecule has 6 heteroatoms. The molecule has 0 saturated carbocycles. The van der Waals surface area contributed by atoms with Gasteiger partial charge in [0.25, 0.3) is 0 Å². The van der Waals surface area contributed by atoms with Crippen molar-refractivity contribution >= 4 is 17.7 Å². The number of hydrogen-bond acceptors (Lipinski definition) is 2. The van der Waals surface area contributed by atoms with E-state index in [0.717, 1.165) is 12.1 Å². The fourth-order valence-electron chi connectivity index (χ4n) is 1.00. The Kier molecular flexibility index (Phi) is 3.44. The second-order valence-corrected chi connectivity index (χ2v) is 3.32. The Bertz CT molecular complexity index is 432. The average Bonchev–Trinajstić information content (AvgIpc) is 2.16. The summed E-state index contributed by atoms with van der Waals surface area (Å²) in [5.41, 5.74) is -0.218. The Morgan fingerprint density at radius 3 is 2.44 bits per heavy atom. The number of nitrogens with one attached hydrogen (secondary N) is 1. The van der Waals surface area contributed by atoms with Crippen molar-refractivity contribution in [1.29, 1.82) is 0 Å². The molecule has 0 saturated heterocycles. The van der Waals surface area contributed by atoms with E-state index in [1.807, 2.05) is 0 Å². The van der Waals surface area contributed by atoms with Crippen LogP contribution in [0.4, 0.5) is 14.9 Å². The molecule has 0 spiro atoms. The van der Waals surface area contributed by atoms with Gasteiger partial charge in [0.15, 0.2) is 0 Å². The molecule has 1 rings (SSSR count). The van der Waals surface area contributed by atoms with Crippen LogP contribution < -0.4 is 5.32 Å². The van der Waals surface area contributed by atoms with E-state index in [9.17, 15) is 14.0 Å². The summed E-state index contributed by atoms with van der Waals surface area (Å²) in [6.45, 7) is 0. The van der Waals surface area contributed by atoms with E-state index in [1.54, 1.807) is 0 Å². The lowest BCUT2D eigenvalue weighted by Crippen LogP contribution is -2.27. The number of carboxylic acid groups (broad SMARTS) is 1. The highest BCUT2D eigenvalue weighted by Gasteiger charge is 2.11. The van der Waals surface area contributed by atoms with Crippen LogP contribution >= 0.6 is 0 Å². The van der Waals surface area contributed by atoms with Gasteiger partial charge in [-0.05, 0) is 18.2 Å². The van der Waals surface area contributed by atoms with Crippen LogP contribution in [0.3, 0.4) is 0 Å². The third-order valence-corrected chi connectivity index (χ3v) is 1.86. The molecule has 0 aliphatic carbocycles. The molecule has 86 valence electrons. The number of hydrogen-bond donors (Lipinski definition) is 2. The Morgan fingerprint density at radius 1 is 1.38 bits per heavy atom. The highest BCUT2D eigenvalue weighted by atomic mass is 19.1. The molecule has 1 aromatic carbocycles. The van der Waals surface area contributed by atoms with Crippen molar-refractivity contribution in [2.45, 2.75) is 0 Å². The molecule has 16 heavy (non-hydrogen) atoms. The van der Waals surface area contributed by atoms with Crippen molar-refractivity contribution in [3.8, 4) is 0 Å². The average molecular weight is 226 g/mol. The van der Waals surface area contributed by atoms with Crippen LogP contribution in [0.15, 0.2) is 18.2 Å². The lowest BCUT2D eigenvalue weighted by atomic mass is 10.2. The third-order valence-electron chi connectivity index (χ3n) is 1.86. The van der Waals surface area contributed by atoms with Gasteiger partial charge in [0.05, 0.1) is 5.56 Å². The maximum atomic E-state index is 13.2. The number of benzene rings is 1. The predicted octanol–water partition coefficient (Wildman–Crippen LogP) is 1.62. The van der Waals surface area contributed by atoms with Crippen LogP contribution in [0.5, 0.6) is 0 Å². The number of urea groups is 1. The summed E-state index contributed by atoms with van der Waals surface area (Å²) in [7, 11) is 3.08. The number of rotatable bonds is 2. The predicted molar refractivity (Wildman–Crippen MR) is 56.1 cm³/mol. The van der Waals surface area contributed by atoms with E-state index in [1.165, 1.54) is 25.1 Å². The minimum atomic E-state index is -1.34. The second kappa shape index (κ2) is 4.61. The normalized spacial score (nSPS) is 9.69. The van der Waals surface area contributed by atoms with Gasteiger partial charge in [-0.3, -0.25) is 0 Å². The summed E-state index contributed by atoms with van der Waals surface area (Å²) >= 11 is 0. The van der Waals surface area contributed by atoms with Gasteiger partial charge in [0.2, 0.25) is 0 Å². The van der Waals surface area contributed by atoms with Crippen molar-refractivity contribution in [2.24, 2.45) is 0 Å². The van der Waals surface area contributed by atoms with Crippen molar-refractivity contribution < 1.29 is 19.1 Å². The zero-order chi connectivity index (χ0) is 12.3. The summed E-state index contributed by atoms with van der Waals surface area (Å²) in [6.07, 6.45) is 0. The molecule has 5 nitrogen and oxygen atoms in total. The molecule has 0 bridgehead atoms. The maximum Gasteiger partial charge on any atom is 0.338 e. The minimum Gasteiger partial charge on any atom is -0.478 e. The fourth-order valence-corrected chi connectivity index (χ4v) is 1.00. The van der Waals surface area contributed by atoms with Gasteiger partial charge in [-0.1, -0.05) is 0 Å². The lowest BCUT2D eigenvalue weighted by molar-refractivity contribution is 0.0692. The number of nitrogens with zero attached hydrogens (tertiary/aromatic N) is 1. The maximum absolute atomic E-state index is 13.2. The number of halogens is 1. The van der Waals surface area contributed by atoms with Gasteiger partial charge >= 0.3 is 12.0 Å². The number of anilines is 1. The highest BCUT2D eigenvalue weighted by Crippen LogP contribution is 2.14. The first-order valence-corrected chi connectivity index (χ1v) is 4.43. The molecular formula is C10H11FN2O3. The molecule has 0 aliphatic heterocycles. The lowest BCUT2D eigenvalue weighted by Gasteiger charge is -2.12. The molecular weight excluding hydrogens is 215 g/mol. The molecule has 0 aromatic heterocycles. The Morgan fingerprint density at radius 2 is 2.00 bits per heavy atom. The zero-order valence-corrected chi connectivity index (χ0v) is 8.82. The first kappa shape index (κ1) is 12.0. The van der Waals surface area contributed by atoms with Crippen molar-refractivity contribution in [2.75, 3.05) is 19.4 Å². The van der Waals surface area contributed by atoms with Crippen molar-refractivity contribution in [3.63, 3.8) is 0 Å². The molecule has 2 amide bonds. The topological polar surface area (TPSA) is 69.6 Å². The molecule has 0 unspecified atom stereocenters. The zero-order valence-electron chi connectivity index (χ0n) is 8.82. The summed E-state index contributed by atoms with van der Waals surface area (Å²) in [5.74, 6) is -2.23. The largest absolute Gasteiger partial charge is 0.478 e. The second-order valence-electron chi connectivity index (χ2n) is 3.32. The van der Waals surface area contributed by atoms with Crippen LogP contribution in [-0.2, 0) is 0 Å². The standard InChI is InChI=1S/C10H11FN2O3/c1-13(2)10(16)12-6-3-4-7(9(14)15)8(11)5-6/h3-5H,1-2H3,(H,12,16)(H,14,15). The molecule has 1 aromatic rings. The molecule has 2 N–H and O–H groups in total. The molecule has 0 radical (unpaired) electrons. The monoisotopic (exact) mass is 226 g/mol. The minimum absolute atomic E-state index is 0.209. The molecule has 0 heterocycles. The summed E-state index contributed by atoms with van der Waals surface area (Å²) in [5, 5.41) is 11.0. The Labute approximate surface area is 91.5 Å². The van der Waals surface area contributed by atoms with Gasteiger partial charge in [-0.25, -0.2) is 14.0 Å². The molecule has 0 atom stereocenters. The van der Waals surface area contributed by atoms with Gasteiger partial charge in [0.1, 0.15) is 5.82 Å². The number of aromatic carboxylic acids is 1. The third kappa shape index (κ3) is 2.69. The van der Waals surface area contributed by atoms with E-state index in [-0.39, 0.29) is 5.69 Å². The van der Waals surface area contributed by atoms with Gasteiger partial charge in [0, 0.05) is 19.8 Å². The van der Waals surface area contributed by atoms with Gasteiger partial charge < -0.3 is 15.3 Å². The van der Waals surface area contributed by atoms with Crippen molar-refractivity contribution in [3.05, 3.63) is 29.6 Å². The van der Waals surface area contributed by atoms with E-state index in [4.69, 9.17) is 5.11 Å². The van der Waals surface area contributed by atoms with Crippen LogP contribution in [0.1, 0.15) is 10.4 Å². The quantitative estimate of drug-likeness (QED) is 0.805. The summed E-state index contributed by atoms with van der Waals surface area (Å²) in [6, 6.07) is 2.98. The summed E-state index contributed by atoms with van der Waals surface area (Å²) in [4.78, 5) is 23.0. The fraction of sp³-hybridized carbons (Fsp3) is 0.200. The van der Waals surface area contributed by atoms with E-state index in [0.29, 0.717) is 0 Å². The van der Waals surface area contributed by atoms with Gasteiger partial charge in [-0.2, -0.15) is 0 Å². The smallest absolute Gasteiger partial charge is 0.338 e. The number of carboxylic acids is 1. The molecule has 0 aliphatic rings. The van der Waals surface area contributed by atoms with Crippen LogP contribution in [-0.4, -0.2) is 36.1 Å². The van der Waals surface area contributed by atoms with Crippen molar-refractivity contribution in [1.82, 2.24) is 4.90 Å².